The fourth-order valence-corrected chi connectivity index (χ4v) is 5.95. The lowest BCUT2D eigenvalue weighted by Gasteiger charge is -2.19. The van der Waals surface area contributed by atoms with Crippen molar-refractivity contribution in [1.29, 1.82) is 0 Å². The zero-order valence-electron chi connectivity index (χ0n) is 19.5. The molecule has 0 unspecified atom stereocenters. The molecule has 1 aliphatic heterocycles. The Morgan fingerprint density at radius 2 is 1.63 bits per heavy atom. The van der Waals surface area contributed by atoms with Crippen LogP contribution < -0.4 is 9.73 Å². The first-order valence-corrected chi connectivity index (χ1v) is 12.9. The molecule has 0 atom stereocenters. The number of carbonyl (C=O) groups is 1. The van der Waals surface area contributed by atoms with Crippen LogP contribution in [0.3, 0.4) is 0 Å². The first-order chi connectivity index (χ1) is 16.8. The van der Waals surface area contributed by atoms with Gasteiger partial charge >= 0.3 is 0 Å². The molecule has 4 aromatic carbocycles. The molecule has 0 saturated carbocycles. The maximum Gasteiger partial charge on any atom is 0.271 e. The van der Waals surface area contributed by atoms with Crippen molar-refractivity contribution < 1.29 is 13.2 Å². The largest absolute Gasteiger partial charge is 0.271 e. The first-order valence-electron chi connectivity index (χ1n) is 11.4. The summed E-state index contributed by atoms with van der Waals surface area (Å²) < 4.78 is 27.8. The lowest BCUT2D eigenvalue weighted by atomic mass is 10.0. The second-order valence-corrected chi connectivity index (χ2v) is 10.7. The fraction of sp³-hybridized carbons (Fsp3) is 0.143. The second-order valence-electron chi connectivity index (χ2n) is 8.86. The van der Waals surface area contributed by atoms with Crippen LogP contribution in [0.1, 0.15) is 46.8 Å². The highest BCUT2D eigenvalue weighted by molar-refractivity contribution is 7.93. The summed E-state index contributed by atoms with van der Waals surface area (Å²) in [7, 11) is -3.63. The quantitative estimate of drug-likeness (QED) is 0.293. The van der Waals surface area contributed by atoms with E-state index in [2.05, 4.69) is 24.4 Å². The molecule has 0 aromatic heterocycles. The molecule has 0 spiro atoms. The molecule has 0 aliphatic carbocycles. The first kappa shape index (κ1) is 22.8. The number of anilines is 1. The second kappa shape index (κ2) is 9.00. The number of hydrazone groups is 1. The Morgan fingerprint density at radius 3 is 2.31 bits per heavy atom. The van der Waals surface area contributed by atoms with E-state index in [1.165, 1.54) is 9.87 Å². The van der Waals surface area contributed by atoms with E-state index in [4.69, 9.17) is 0 Å². The number of nitrogens with one attached hydrogen (secondary N) is 1. The minimum absolute atomic E-state index is 0.183. The molecule has 0 radical (unpaired) electrons. The van der Waals surface area contributed by atoms with E-state index in [-0.39, 0.29) is 12.5 Å². The van der Waals surface area contributed by atoms with Gasteiger partial charge < -0.3 is 0 Å². The number of nitrogens with zero attached hydrogens (tertiary/aromatic N) is 2. The Balaban J connectivity index is 1.27. The van der Waals surface area contributed by atoms with Crippen LogP contribution in [0.5, 0.6) is 0 Å². The Hall–Kier alpha value is -3.97. The van der Waals surface area contributed by atoms with Crippen LogP contribution >= 0.6 is 0 Å². The molecule has 4 aromatic rings. The van der Waals surface area contributed by atoms with Crippen molar-refractivity contribution in [2.24, 2.45) is 5.10 Å². The average Bonchev–Trinajstić information content (AvgIpc) is 3.08. The molecule has 0 saturated heterocycles. The van der Waals surface area contributed by atoms with Crippen LogP contribution in [-0.2, 0) is 16.6 Å². The maximum atomic E-state index is 13.2. The summed E-state index contributed by atoms with van der Waals surface area (Å²) in [6.45, 7) is 4.46. The van der Waals surface area contributed by atoms with Crippen LogP contribution in [0.25, 0.3) is 10.8 Å². The molecule has 1 aliphatic rings. The smallest absolute Gasteiger partial charge is 0.267 e. The van der Waals surface area contributed by atoms with Gasteiger partial charge in [0, 0.05) is 10.9 Å². The number of rotatable bonds is 6. The predicted molar refractivity (Wildman–Crippen MR) is 139 cm³/mol. The number of hydrogen-bond acceptors (Lipinski definition) is 4. The number of sulfonamides is 1. The van der Waals surface area contributed by atoms with Gasteiger partial charge in [-0.25, -0.2) is 13.8 Å². The monoisotopic (exact) mass is 483 g/mol. The van der Waals surface area contributed by atoms with Crippen molar-refractivity contribution in [3.05, 3.63) is 107 Å². The highest BCUT2D eigenvalue weighted by Gasteiger charge is 2.35. The minimum atomic E-state index is -3.63. The Labute approximate surface area is 205 Å². The molecule has 1 heterocycles. The van der Waals surface area contributed by atoms with Crippen LogP contribution in [0.2, 0.25) is 0 Å². The molecule has 7 heteroatoms. The molecule has 0 bridgehead atoms. The summed E-state index contributed by atoms with van der Waals surface area (Å²) in [6.07, 6.45) is 1.60. The van der Waals surface area contributed by atoms with E-state index in [9.17, 15) is 13.2 Å². The summed E-state index contributed by atoms with van der Waals surface area (Å²) in [5.41, 5.74) is 6.58. The number of carbonyl (C=O) groups excluding carboxylic acids is 1. The van der Waals surface area contributed by atoms with Crippen molar-refractivity contribution in [3.63, 3.8) is 0 Å². The van der Waals surface area contributed by atoms with Crippen molar-refractivity contribution in [3.8, 4) is 0 Å². The Morgan fingerprint density at radius 1 is 0.943 bits per heavy atom. The van der Waals surface area contributed by atoms with Gasteiger partial charge in [0.05, 0.1) is 23.3 Å². The normalized spacial score (nSPS) is 14.2. The van der Waals surface area contributed by atoms with Crippen molar-refractivity contribution in [2.75, 3.05) is 4.31 Å². The van der Waals surface area contributed by atoms with Crippen molar-refractivity contribution in [2.45, 2.75) is 31.2 Å². The summed E-state index contributed by atoms with van der Waals surface area (Å²) in [5, 5.41) is 5.70. The van der Waals surface area contributed by atoms with E-state index in [0.717, 1.165) is 21.9 Å². The lowest BCUT2D eigenvalue weighted by Crippen LogP contribution is -2.26. The van der Waals surface area contributed by atoms with Gasteiger partial charge in [-0.3, -0.25) is 9.10 Å². The molecular weight excluding hydrogens is 458 g/mol. The van der Waals surface area contributed by atoms with E-state index in [1.807, 2.05) is 48.5 Å². The topological polar surface area (TPSA) is 78.8 Å². The maximum absolute atomic E-state index is 13.2. The third-order valence-electron chi connectivity index (χ3n) is 6.21. The summed E-state index contributed by atoms with van der Waals surface area (Å²) in [4.78, 5) is 12.8. The highest BCUT2D eigenvalue weighted by Crippen LogP contribution is 2.42. The number of benzene rings is 4. The van der Waals surface area contributed by atoms with Gasteiger partial charge in [-0.1, -0.05) is 74.5 Å². The van der Waals surface area contributed by atoms with Gasteiger partial charge in [-0.15, -0.1) is 0 Å². The third-order valence-corrected chi connectivity index (χ3v) is 8.01. The van der Waals surface area contributed by atoms with Crippen molar-refractivity contribution in [1.82, 2.24) is 5.43 Å². The van der Waals surface area contributed by atoms with E-state index in [1.54, 1.807) is 42.6 Å². The van der Waals surface area contributed by atoms with Gasteiger partial charge in [-0.05, 0) is 52.3 Å². The van der Waals surface area contributed by atoms with Crippen LogP contribution in [0.4, 0.5) is 5.69 Å². The van der Waals surface area contributed by atoms with Gasteiger partial charge in [0.25, 0.3) is 15.9 Å². The van der Waals surface area contributed by atoms with Gasteiger partial charge in [0.15, 0.2) is 0 Å². The number of hydrogen-bond donors (Lipinski definition) is 1. The van der Waals surface area contributed by atoms with Gasteiger partial charge in [0.1, 0.15) is 0 Å². The summed E-state index contributed by atoms with van der Waals surface area (Å²) in [5.74, 6) is 0.121. The van der Waals surface area contributed by atoms with E-state index < -0.39 is 10.0 Å². The zero-order chi connectivity index (χ0) is 24.6. The van der Waals surface area contributed by atoms with Gasteiger partial charge in [-0.2, -0.15) is 5.10 Å². The average molecular weight is 484 g/mol. The molecule has 35 heavy (non-hydrogen) atoms. The van der Waals surface area contributed by atoms with Crippen LogP contribution in [-0.4, -0.2) is 20.5 Å². The van der Waals surface area contributed by atoms with Crippen LogP contribution in [0, 0.1) is 0 Å². The molecule has 1 N–H and O–H groups in total. The molecule has 6 nitrogen and oxygen atoms in total. The van der Waals surface area contributed by atoms with Gasteiger partial charge in [0.2, 0.25) is 0 Å². The molecular formula is C28H25N3O3S. The minimum Gasteiger partial charge on any atom is -0.267 e. The van der Waals surface area contributed by atoms with Crippen LogP contribution in [0.15, 0.2) is 94.9 Å². The van der Waals surface area contributed by atoms with Crippen molar-refractivity contribution >= 4 is 38.6 Å². The molecule has 5 rings (SSSR count). The zero-order valence-corrected chi connectivity index (χ0v) is 20.3. The Bertz CT molecular complexity index is 1540. The fourth-order valence-electron chi connectivity index (χ4n) is 4.25. The summed E-state index contributed by atoms with van der Waals surface area (Å²) >= 11 is 0. The molecule has 0 fully saturated rings. The standard InChI is InChI=1S/C28H25N3O3S/c1-19(2)22-13-9-20(10-14-22)17-29-30-28(32)24-15-11-21(12-16-24)18-31-25-7-3-5-23-6-4-8-26(27(23)25)35(31,33)34/h3-17,19H,18H2,1-2H3,(H,30,32)/b29-17+. The van der Waals surface area contributed by atoms with E-state index >= 15 is 0 Å². The lowest BCUT2D eigenvalue weighted by molar-refractivity contribution is 0.0955. The highest BCUT2D eigenvalue weighted by atomic mass is 32.2. The SMILES string of the molecule is CC(C)c1ccc(/C=N/NC(=O)c2ccc(CN3c4cccc5cccc(c45)S3(=O)=O)cc2)cc1. The van der Waals surface area contributed by atoms with E-state index in [0.29, 0.717) is 22.1 Å². The molecule has 1 amide bonds. The third kappa shape index (κ3) is 4.31. The Kier molecular flexibility index (Phi) is 5.86. The predicted octanol–water partition coefficient (Wildman–Crippen LogP) is 5.44. The summed E-state index contributed by atoms with van der Waals surface area (Å²) in [6, 6.07) is 25.8. The number of amides is 1. The molecule has 176 valence electrons.